The van der Waals surface area contributed by atoms with Crippen LogP contribution in [0.2, 0.25) is 0 Å². The topological polar surface area (TPSA) is 41.1 Å². The predicted octanol–water partition coefficient (Wildman–Crippen LogP) is 2.30. The number of benzene rings is 1. The van der Waals surface area contributed by atoms with Crippen LogP contribution in [0.1, 0.15) is 37.7 Å². The van der Waals surface area contributed by atoms with E-state index in [4.69, 9.17) is 0 Å². The van der Waals surface area contributed by atoms with Gasteiger partial charge in [0.1, 0.15) is 0 Å². The van der Waals surface area contributed by atoms with Gasteiger partial charge < -0.3 is 10.6 Å². The van der Waals surface area contributed by atoms with Crippen LogP contribution in [-0.4, -0.2) is 26.0 Å². The van der Waals surface area contributed by atoms with Gasteiger partial charge in [0.15, 0.2) is 0 Å². The highest BCUT2D eigenvalue weighted by Crippen LogP contribution is 2.17. The standard InChI is InChI=1S/C15H24N2O/c1-13(14-7-4-3-5-8-14)10-12-17-15(18)9-6-11-16-2/h3-5,7-8,13,16H,6,9-12H2,1-2H3,(H,17,18). The van der Waals surface area contributed by atoms with E-state index in [1.807, 2.05) is 13.1 Å². The number of amides is 1. The Morgan fingerprint density at radius 2 is 1.94 bits per heavy atom. The van der Waals surface area contributed by atoms with Crippen LogP contribution in [0, 0.1) is 0 Å². The Morgan fingerprint density at radius 3 is 2.61 bits per heavy atom. The quantitative estimate of drug-likeness (QED) is 0.693. The summed E-state index contributed by atoms with van der Waals surface area (Å²) in [5, 5.41) is 6.01. The molecule has 0 aliphatic heterocycles. The van der Waals surface area contributed by atoms with E-state index in [9.17, 15) is 4.79 Å². The van der Waals surface area contributed by atoms with Crippen molar-refractivity contribution in [2.45, 2.75) is 32.1 Å². The molecule has 1 aromatic carbocycles. The summed E-state index contributed by atoms with van der Waals surface area (Å²) in [6.07, 6.45) is 2.50. The van der Waals surface area contributed by atoms with Gasteiger partial charge in [0.2, 0.25) is 5.91 Å². The molecule has 0 radical (unpaired) electrons. The normalized spacial score (nSPS) is 12.1. The average Bonchev–Trinajstić information content (AvgIpc) is 2.40. The fourth-order valence-corrected chi connectivity index (χ4v) is 1.89. The van der Waals surface area contributed by atoms with Crippen LogP contribution >= 0.6 is 0 Å². The number of hydrogen-bond acceptors (Lipinski definition) is 2. The smallest absolute Gasteiger partial charge is 0.220 e. The van der Waals surface area contributed by atoms with Crippen LogP contribution in [-0.2, 0) is 4.79 Å². The Kier molecular flexibility index (Phi) is 7.11. The first-order valence-electron chi connectivity index (χ1n) is 6.70. The second-order valence-corrected chi connectivity index (χ2v) is 4.66. The van der Waals surface area contributed by atoms with E-state index < -0.39 is 0 Å². The molecule has 3 heteroatoms. The molecule has 18 heavy (non-hydrogen) atoms. The van der Waals surface area contributed by atoms with Crippen molar-refractivity contribution in [3.63, 3.8) is 0 Å². The molecule has 1 aromatic rings. The molecule has 1 atom stereocenters. The van der Waals surface area contributed by atoms with Gasteiger partial charge in [-0.1, -0.05) is 37.3 Å². The highest BCUT2D eigenvalue weighted by molar-refractivity contribution is 5.75. The van der Waals surface area contributed by atoms with Crippen molar-refractivity contribution >= 4 is 5.91 Å². The van der Waals surface area contributed by atoms with Gasteiger partial charge in [0.05, 0.1) is 0 Å². The molecular weight excluding hydrogens is 224 g/mol. The monoisotopic (exact) mass is 248 g/mol. The molecule has 0 aliphatic carbocycles. The summed E-state index contributed by atoms with van der Waals surface area (Å²) in [4.78, 5) is 11.5. The Balaban J connectivity index is 2.16. The first-order valence-corrected chi connectivity index (χ1v) is 6.70. The molecule has 1 unspecified atom stereocenters. The molecule has 0 spiro atoms. The van der Waals surface area contributed by atoms with E-state index in [0.717, 1.165) is 25.9 Å². The zero-order valence-corrected chi connectivity index (χ0v) is 11.4. The minimum atomic E-state index is 0.158. The predicted molar refractivity (Wildman–Crippen MR) is 75.6 cm³/mol. The maximum Gasteiger partial charge on any atom is 0.220 e. The van der Waals surface area contributed by atoms with Gasteiger partial charge in [-0.05, 0) is 37.9 Å². The molecule has 0 saturated heterocycles. The van der Waals surface area contributed by atoms with Crippen molar-refractivity contribution in [3.05, 3.63) is 35.9 Å². The molecule has 0 bridgehead atoms. The summed E-state index contributed by atoms with van der Waals surface area (Å²) in [5.74, 6) is 0.648. The van der Waals surface area contributed by atoms with E-state index in [2.05, 4.69) is 41.8 Å². The fourth-order valence-electron chi connectivity index (χ4n) is 1.89. The van der Waals surface area contributed by atoms with E-state index in [1.165, 1.54) is 5.56 Å². The van der Waals surface area contributed by atoms with Gasteiger partial charge in [-0.2, -0.15) is 0 Å². The highest BCUT2D eigenvalue weighted by atomic mass is 16.1. The van der Waals surface area contributed by atoms with Crippen LogP contribution in [0.25, 0.3) is 0 Å². The van der Waals surface area contributed by atoms with Crippen molar-refractivity contribution in [3.8, 4) is 0 Å². The lowest BCUT2D eigenvalue weighted by molar-refractivity contribution is -0.121. The number of carbonyl (C=O) groups excluding carboxylic acids is 1. The van der Waals surface area contributed by atoms with E-state index in [-0.39, 0.29) is 5.91 Å². The number of carbonyl (C=O) groups is 1. The highest BCUT2D eigenvalue weighted by Gasteiger charge is 2.05. The van der Waals surface area contributed by atoms with Gasteiger partial charge in [0, 0.05) is 13.0 Å². The SMILES string of the molecule is CNCCCC(=O)NCCC(C)c1ccccc1. The lowest BCUT2D eigenvalue weighted by Gasteiger charge is -2.12. The first kappa shape index (κ1) is 14.7. The molecular formula is C15H24N2O. The maximum atomic E-state index is 11.5. The van der Waals surface area contributed by atoms with E-state index >= 15 is 0 Å². The zero-order valence-electron chi connectivity index (χ0n) is 11.4. The molecule has 0 saturated carbocycles. The summed E-state index contributed by atoms with van der Waals surface area (Å²) in [7, 11) is 1.90. The van der Waals surface area contributed by atoms with Crippen LogP contribution in [0.3, 0.4) is 0 Å². The molecule has 1 amide bonds. The Bertz CT molecular complexity index is 338. The minimum absolute atomic E-state index is 0.158. The third-order valence-corrected chi connectivity index (χ3v) is 3.10. The van der Waals surface area contributed by atoms with Gasteiger partial charge in [-0.15, -0.1) is 0 Å². The largest absolute Gasteiger partial charge is 0.356 e. The van der Waals surface area contributed by atoms with Gasteiger partial charge in [0.25, 0.3) is 0 Å². The summed E-state index contributed by atoms with van der Waals surface area (Å²) < 4.78 is 0. The Hall–Kier alpha value is -1.35. The molecule has 0 aliphatic rings. The van der Waals surface area contributed by atoms with Crippen molar-refractivity contribution < 1.29 is 4.79 Å². The van der Waals surface area contributed by atoms with E-state index in [1.54, 1.807) is 0 Å². The van der Waals surface area contributed by atoms with Gasteiger partial charge in [-0.3, -0.25) is 4.79 Å². The van der Waals surface area contributed by atoms with Gasteiger partial charge in [-0.25, -0.2) is 0 Å². The van der Waals surface area contributed by atoms with Crippen molar-refractivity contribution in [2.24, 2.45) is 0 Å². The van der Waals surface area contributed by atoms with Crippen molar-refractivity contribution in [1.29, 1.82) is 0 Å². The fraction of sp³-hybridized carbons (Fsp3) is 0.533. The maximum absolute atomic E-state index is 11.5. The van der Waals surface area contributed by atoms with Crippen LogP contribution < -0.4 is 10.6 Å². The van der Waals surface area contributed by atoms with Crippen molar-refractivity contribution in [1.82, 2.24) is 10.6 Å². The molecule has 1 rings (SSSR count). The molecule has 0 heterocycles. The Labute approximate surface area is 110 Å². The second-order valence-electron chi connectivity index (χ2n) is 4.66. The summed E-state index contributed by atoms with van der Waals surface area (Å²) in [5.41, 5.74) is 1.34. The molecule has 0 fully saturated rings. The van der Waals surface area contributed by atoms with E-state index in [0.29, 0.717) is 12.3 Å². The molecule has 100 valence electrons. The Morgan fingerprint density at radius 1 is 1.22 bits per heavy atom. The van der Waals surface area contributed by atoms with Crippen LogP contribution in [0.4, 0.5) is 0 Å². The molecule has 2 N–H and O–H groups in total. The number of hydrogen-bond donors (Lipinski definition) is 2. The number of rotatable bonds is 8. The zero-order chi connectivity index (χ0) is 13.2. The summed E-state index contributed by atoms with van der Waals surface area (Å²) in [6.45, 7) is 3.85. The summed E-state index contributed by atoms with van der Waals surface area (Å²) in [6, 6.07) is 10.4. The second kappa shape index (κ2) is 8.70. The average molecular weight is 248 g/mol. The van der Waals surface area contributed by atoms with Crippen LogP contribution in [0.15, 0.2) is 30.3 Å². The number of nitrogens with one attached hydrogen (secondary N) is 2. The van der Waals surface area contributed by atoms with Crippen molar-refractivity contribution in [2.75, 3.05) is 20.1 Å². The third-order valence-electron chi connectivity index (χ3n) is 3.10. The molecule has 0 aromatic heterocycles. The lowest BCUT2D eigenvalue weighted by atomic mass is 9.98. The lowest BCUT2D eigenvalue weighted by Crippen LogP contribution is -2.26. The minimum Gasteiger partial charge on any atom is -0.356 e. The third kappa shape index (κ3) is 5.82. The molecule has 3 nitrogen and oxygen atoms in total. The van der Waals surface area contributed by atoms with Gasteiger partial charge >= 0.3 is 0 Å². The summed E-state index contributed by atoms with van der Waals surface area (Å²) >= 11 is 0. The first-order chi connectivity index (χ1) is 8.74. The van der Waals surface area contributed by atoms with Crippen LogP contribution in [0.5, 0.6) is 0 Å².